The van der Waals surface area contributed by atoms with Gasteiger partial charge in [-0.3, -0.25) is 0 Å². The summed E-state index contributed by atoms with van der Waals surface area (Å²) in [4.78, 5) is 21.2. The molecule has 1 aromatic heterocycles. The number of nitrogens with zero attached hydrogens (tertiary/aromatic N) is 3. The highest BCUT2D eigenvalue weighted by Gasteiger charge is 2.24. The third-order valence-corrected chi connectivity index (χ3v) is 3.36. The first kappa shape index (κ1) is 13.1. The third kappa shape index (κ3) is 2.72. The molecule has 18 heavy (non-hydrogen) atoms. The molecule has 1 aromatic rings. The van der Waals surface area contributed by atoms with Crippen molar-refractivity contribution in [3.05, 3.63) is 16.9 Å². The number of carboxylic acids is 1. The summed E-state index contributed by atoms with van der Waals surface area (Å²) in [7, 11) is 0. The fraction of sp³-hybridized carbons (Fsp3) is 0.583. The fourth-order valence-electron chi connectivity index (χ4n) is 2.49. The monoisotopic (exact) mass is 269 g/mol. The Morgan fingerprint density at radius 1 is 1.44 bits per heavy atom. The summed E-state index contributed by atoms with van der Waals surface area (Å²) in [5, 5.41) is 9.07. The molecular weight excluding hydrogens is 254 g/mol. The molecule has 1 aliphatic rings. The normalized spacial score (nSPS) is 24.1. The number of carbonyl (C=O) groups is 1. The number of hydrogen-bond donors (Lipinski definition) is 1. The summed E-state index contributed by atoms with van der Waals surface area (Å²) in [5.41, 5.74) is -0.132. The van der Waals surface area contributed by atoms with Crippen molar-refractivity contribution in [2.75, 3.05) is 18.0 Å². The summed E-state index contributed by atoms with van der Waals surface area (Å²) >= 11 is 5.76. The van der Waals surface area contributed by atoms with E-state index in [0.29, 0.717) is 17.8 Å². The van der Waals surface area contributed by atoms with Crippen molar-refractivity contribution in [1.29, 1.82) is 0 Å². The molecule has 5 nitrogen and oxygen atoms in total. The predicted octanol–water partition coefficient (Wildman–Crippen LogP) is 2.31. The molecule has 2 rings (SSSR count). The Labute approximate surface area is 111 Å². The van der Waals surface area contributed by atoms with Gasteiger partial charge in [0.05, 0.1) is 11.2 Å². The molecule has 98 valence electrons. The van der Waals surface area contributed by atoms with Crippen molar-refractivity contribution in [3.8, 4) is 0 Å². The van der Waals surface area contributed by atoms with E-state index >= 15 is 0 Å². The first-order chi connectivity index (χ1) is 8.47. The Balaban J connectivity index is 2.28. The number of halogens is 1. The zero-order chi connectivity index (χ0) is 13.3. The van der Waals surface area contributed by atoms with Crippen LogP contribution >= 0.6 is 11.6 Å². The van der Waals surface area contributed by atoms with E-state index in [1.807, 2.05) is 4.90 Å². The van der Waals surface area contributed by atoms with Gasteiger partial charge < -0.3 is 10.0 Å². The molecule has 6 heteroatoms. The van der Waals surface area contributed by atoms with Gasteiger partial charge in [-0.05, 0) is 18.3 Å². The smallest absolute Gasteiger partial charge is 0.356 e. The average molecular weight is 270 g/mol. The highest BCUT2D eigenvalue weighted by Crippen LogP contribution is 2.25. The number of aromatic carboxylic acids is 1. The quantitative estimate of drug-likeness (QED) is 0.892. The molecule has 0 aliphatic carbocycles. The van der Waals surface area contributed by atoms with Gasteiger partial charge in [-0.15, -0.1) is 0 Å². The largest absolute Gasteiger partial charge is 0.476 e. The van der Waals surface area contributed by atoms with Gasteiger partial charge in [0, 0.05) is 13.1 Å². The molecule has 2 unspecified atom stereocenters. The number of aromatic nitrogens is 2. The molecule has 0 amide bonds. The Morgan fingerprint density at radius 2 is 2.06 bits per heavy atom. The van der Waals surface area contributed by atoms with Crippen LogP contribution in [-0.2, 0) is 0 Å². The van der Waals surface area contributed by atoms with Crippen molar-refractivity contribution in [2.24, 2.45) is 11.8 Å². The topological polar surface area (TPSA) is 66.3 Å². The molecule has 1 N–H and O–H groups in total. The Morgan fingerprint density at radius 3 is 2.61 bits per heavy atom. The highest BCUT2D eigenvalue weighted by atomic mass is 35.5. The first-order valence-electron chi connectivity index (χ1n) is 5.98. The maximum absolute atomic E-state index is 11.0. The van der Waals surface area contributed by atoms with Crippen molar-refractivity contribution in [2.45, 2.75) is 20.3 Å². The number of anilines is 1. The second kappa shape index (κ2) is 5.10. The lowest BCUT2D eigenvalue weighted by molar-refractivity contribution is 0.0690. The van der Waals surface area contributed by atoms with E-state index in [1.165, 1.54) is 12.6 Å². The summed E-state index contributed by atoms with van der Waals surface area (Å²) in [5.74, 6) is 0.444. The maximum Gasteiger partial charge on any atom is 0.356 e. The zero-order valence-electron chi connectivity index (χ0n) is 10.4. The van der Waals surface area contributed by atoms with Crippen molar-refractivity contribution in [1.82, 2.24) is 9.97 Å². The van der Waals surface area contributed by atoms with Crippen LogP contribution in [0.2, 0.25) is 5.02 Å². The van der Waals surface area contributed by atoms with Gasteiger partial charge in [-0.25, -0.2) is 14.8 Å². The molecule has 0 spiro atoms. The van der Waals surface area contributed by atoms with Crippen molar-refractivity contribution in [3.63, 3.8) is 0 Å². The van der Waals surface area contributed by atoms with E-state index in [4.69, 9.17) is 16.7 Å². The fourth-order valence-corrected chi connectivity index (χ4v) is 2.66. The second-order valence-electron chi connectivity index (χ2n) is 5.02. The lowest BCUT2D eigenvalue weighted by Gasteiger charge is -2.35. The molecule has 0 aromatic carbocycles. The van der Waals surface area contributed by atoms with Crippen LogP contribution in [0.3, 0.4) is 0 Å². The highest BCUT2D eigenvalue weighted by molar-refractivity contribution is 6.33. The summed E-state index contributed by atoms with van der Waals surface area (Å²) in [6, 6.07) is 0. The van der Waals surface area contributed by atoms with Gasteiger partial charge in [-0.1, -0.05) is 25.4 Å². The first-order valence-corrected chi connectivity index (χ1v) is 6.36. The van der Waals surface area contributed by atoms with Gasteiger partial charge in [0.2, 0.25) is 5.95 Å². The Kier molecular flexibility index (Phi) is 3.71. The summed E-state index contributed by atoms with van der Waals surface area (Å²) in [6.45, 7) is 6.06. The molecule has 1 aliphatic heterocycles. The number of piperidine rings is 1. The van der Waals surface area contributed by atoms with Crippen molar-refractivity contribution >= 4 is 23.5 Å². The van der Waals surface area contributed by atoms with Gasteiger partial charge >= 0.3 is 5.97 Å². The minimum atomic E-state index is -1.12. The predicted molar refractivity (Wildman–Crippen MR) is 69.2 cm³/mol. The van der Waals surface area contributed by atoms with Crippen LogP contribution in [0.1, 0.15) is 30.8 Å². The lowest BCUT2D eigenvalue weighted by atomic mass is 9.92. The number of hydrogen-bond acceptors (Lipinski definition) is 4. The van der Waals surface area contributed by atoms with Crippen LogP contribution in [0.15, 0.2) is 6.20 Å². The van der Waals surface area contributed by atoms with E-state index in [-0.39, 0.29) is 10.7 Å². The van der Waals surface area contributed by atoms with E-state index in [9.17, 15) is 4.79 Å². The number of rotatable bonds is 2. The minimum absolute atomic E-state index is 0.0735. The van der Waals surface area contributed by atoms with E-state index in [1.54, 1.807) is 0 Å². The van der Waals surface area contributed by atoms with Crippen LogP contribution in [0.25, 0.3) is 0 Å². The SMILES string of the molecule is CC1CC(C)CN(c2ncc(Cl)c(C(=O)O)n2)C1. The molecule has 1 saturated heterocycles. The van der Waals surface area contributed by atoms with Gasteiger partial charge in [-0.2, -0.15) is 0 Å². The Hall–Kier alpha value is -1.36. The maximum atomic E-state index is 11.0. The van der Waals surface area contributed by atoms with Crippen molar-refractivity contribution < 1.29 is 9.90 Å². The molecule has 0 bridgehead atoms. The van der Waals surface area contributed by atoms with Gasteiger partial charge in [0.25, 0.3) is 0 Å². The molecule has 2 atom stereocenters. The van der Waals surface area contributed by atoms with Crippen LogP contribution in [-0.4, -0.2) is 34.1 Å². The van der Waals surface area contributed by atoms with E-state index < -0.39 is 5.97 Å². The lowest BCUT2D eigenvalue weighted by Crippen LogP contribution is -2.39. The molecular formula is C12H16ClN3O2. The minimum Gasteiger partial charge on any atom is -0.476 e. The van der Waals surface area contributed by atoms with E-state index in [2.05, 4.69) is 23.8 Å². The molecule has 0 radical (unpaired) electrons. The zero-order valence-corrected chi connectivity index (χ0v) is 11.2. The Bertz CT molecular complexity index is 457. The third-order valence-electron chi connectivity index (χ3n) is 3.09. The molecule has 0 saturated carbocycles. The van der Waals surface area contributed by atoms with Crippen LogP contribution < -0.4 is 4.90 Å². The van der Waals surface area contributed by atoms with Crippen LogP contribution in [0, 0.1) is 11.8 Å². The molecule has 1 fully saturated rings. The molecule has 2 heterocycles. The number of carboxylic acid groups (broad SMARTS) is 1. The van der Waals surface area contributed by atoms with E-state index in [0.717, 1.165) is 13.1 Å². The second-order valence-corrected chi connectivity index (χ2v) is 5.43. The standard InChI is InChI=1S/C12H16ClN3O2/c1-7-3-8(2)6-16(5-7)12-14-4-9(13)10(15-12)11(17)18/h4,7-8H,3,5-6H2,1-2H3,(H,17,18). The summed E-state index contributed by atoms with van der Waals surface area (Å²) in [6.07, 6.45) is 2.53. The van der Waals surface area contributed by atoms with Gasteiger partial charge in [0.15, 0.2) is 5.69 Å². The van der Waals surface area contributed by atoms with Crippen LogP contribution in [0.5, 0.6) is 0 Å². The van der Waals surface area contributed by atoms with Gasteiger partial charge in [0.1, 0.15) is 0 Å². The van der Waals surface area contributed by atoms with Crippen LogP contribution in [0.4, 0.5) is 5.95 Å². The summed E-state index contributed by atoms with van der Waals surface area (Å²) < 4.78 is 0. The average Bonchev–Trinajstić information content (AvgIpc) is 2.27.